The average Bonchev–Trinajstić information content (AvgIpc) is 2.67. The number of hydrogen-bond donors (Lipinski definition) is 0. The van der Waals surface area contributed by atoms with Gasteiger partial charge in [-0.3, -0.25) is 4.79 Å². The molecule has 0 fully saturated rings. The predicted molar refractivity (Wildman–Crippen MR) is 56.1 cm³/mol. The number of para-hydroxylation sites is 1. The topological polar surface area (TPSA) is 47.8 Å². The Bertz CT molecular complexity index is 502. The van der Waals surface area contributed by atoms with Crippen molar-refractivity contribution < 1.29 is 4.79 Å². The number of carbonyl (C=O) groups excluding carboxylic acids is 1. The highest BCUT2D eigenvalue weighted by Gasteiger charge is 2.07. The standard InChI is InChI=1S/C11H11N3O/c1-8-5-3-4-6-11(8)14-7-10(9(2)15)12-13-14/h3-7H,1-2H3. The summed E-state index contributed by atoms with van der Waals surface area (Å²) >= 11 is 0. The highest BCUT2D eigenvalue weighted by atomic mass is 16.1. The average molecular weight is 201 g/mol. The van der Waals surface area contributed by atoms with Crippen LogP contribution in [0.1, 0.15) is 23.0 Å². The van der Waals surface area contributed by atoms with Crippen LogP contribution in [0.5, 0.6) is 0 Å². The molecule has 0 aliphatic heterocycles. The fourth-order valence-electron chi connectivity index (χ4n) is 1.36. The number of rotatable bonds is 2. The SMILES string of the molecule is CC(=O)c1cn(-c2ccccc2C)nn1. The molecule has 2 aromatic rings. The molecule has 0 aliphatic rings. The molecular weight excluding hydrogens is 190 g/mol. The minimum absolute atomic E-state index is 0.0742. The van der Waals surface area contributed by atoms with Gasteiger partial charge in [0.2, 0.25) is 0 Å². The number of aryl methyl sites for hydroxylation is 1. The third kappa shape index (κ3) is 1.79. The Morgan fingerprint density at radius 3 is 2.67 bits per heavy atom. The molecule has 0 N–H and O–H groups in total. The molecule has 15 heavy (non-hydrogen) atoms. The van der Waals surface area contributed by atoms with Gasteiger partial charge in [-0.2, -0.15) is 0 Å². The van der Waals surface area contributed by atoms with Crippen LogP contribution in [0.15, 0.2) is 30.5 Å². The van der Waals surface area contributed by atoms with E-state index in [0.717, 1.165) is 11.3 Å². The number of ketones is 1. The fourth-order valence-corrected chi connectivity index (χ4v) is 1.36. The first-order valence-electron chi connectivity index (χ1n) is 4.68. The summed E-state index contributed by atoms with van der Waals surface area (Å²) in [5.74, 6) is -0.0742. The summed E-state index contributed by atoms with van der Waals surface area (Å²) in [6.45, 7) is 3.47. The number of benzene rings is 1. The maximum Gasteiger partial charge on any atom is 0.181 e. The third-order valence-electron chi connectivity index (χ3n) is 2.22. The molecule has 0 saturated carbocycles. The minimum atomic E-state index is -0.0742. The van der Waals surface area contributed by atoms with Gasteiger partial charge in [0.25, 0.3) is 0 Å². The van der Waals surface area contributed by atoms with Gasteiger partial charge in [-0.15, -0.1) is 5.10 Å². The van der Waals surface area contributed by atoms with Gasteiger partial charge in [-0.1, -0.05) is 23.4 Å². The molecule has 0 spiro atoms. The molecular formula is C11H11N3O. The molecule has 0 radical (unpaired) electrons. The number of carbonyl (C=O) groups is 1. The zero-order valence-electron chi connectivity index (χ0n) is 8.64. The Kier molecular flexibility index (Phi) is 2.33. The van der Waals surface area contributed by atoms with Gasteiger partial charge in [0, 0.05) is 6.92 Å². The Morgan fingerprint density at radius 1 is 1.33 bits per heavy atom. The van der Waals surface area contributed by atoms with E-state index in [-0.39, 0.29) is 5.78 Å². The van der Waals surface area contributed by atoms with Crippen LogP contribution in [-0.4, -0.2) is 20.8 Å². The van der Waals surface area contributed by atoms with Crippen molar-refractivity contribution in [3.8, 4) is 5.69 Å². The lowest BCUT2D eigenvalue weighted by Gasteiger charge is -2.02. The van der Waals surface area contributed by atoms with Crippen molar-refractivity contribution >= 4 is 5.78 Å². The first kappa shape index (κ1) is 9.58. The predicted octanol–water partition coefficient (Wildman–Crippen LogP) is 1.78. The lowest BCUT2D eigenvalue weighted by atomic mass is 10.2. The van der Waals surface area contributed by atoms with E-state index < -0.39 is 0 Å². The van der Waals surface area contributed by atoms with Crippen molar-refractivity contribution in [3.63, 3.8) is 0 Å². The minimum Gasteiger partial charge on any atom is -0.293 e. The molecule has 0 bridgehead atoms. The normalized spacial score (nSPS) is 10.3. The Morgan fingerprint density at radius 2 is 2.07 bits per heavy atom. The van der Waals surface area contributed by atoms with Crippen molar-refractivity contribution in [1.82, 2.24) is 15.0 Å². The summed E-state index contributed by atoms with van der Waals surface area (Å²) < 4.78 is 1.62. The monoisotopic (exact) mass is 201 g/mol. The summed E-state index contributed by atoms with van der Waals surface area (Å²) in [5.41, 5.74) is 2.42. The highest BCUT2D eigenvalue weighted by molar-refractivity contribution is 5.91. The van der Waals surface area contributed by atoms with Gasteiger partial charge in [-0.05, 0) is 18.6 Å². The maximum absolute atomic E-state index is 11.1. The molecule has 0 saturated heterocycles. The van der Waals surface area contributed by atoms with E-state index in [1.54, 1.807) is 10.9 Å². The van der Waals surface area contributed by atoms with Crippen LogP contribution in [0.25, 0.3) is 5.69 Å². The first-order chi connectivity index (χ1) is 7.18. The molecule has 0 unspecified atom stereocenters. The second kappa shape index (κ2) is 3.65. The number of nitrogens with zero attached hydrogens (tertiary/aromatic N) is 3. The van der Waals surface area contributed by atoms with E-state index in [0.29, 0.717) is 5.69 Å². The fraction of sp³-hybridized carbons (Fsp3) is 0.182. The second-order valence-electron chi connectivity index (χ2n) is 3.39. The van der Waals surface area contributed by atoms with Crippen LogP contribution < -0.4 is 0 Å². The summed E-state index contributed by atoms with van der Waals surface area (Å²) in [6, 6.07) is 7.82. The maximum atomic E-state index is 11.1. The van der Waals surface area contributed by atoms with Crippen LogP contribution in [0, 0.1) is 6.92 Å². The largest absolute Gasteiger partial charge is 0.293 e. The highest BCUT2D eigenvalue weighted by Crippen LogP contribution is 2.11. The van der Waals surface area contributed by atoms with Crippen LogP contribution in [0.3, 0.4) is 0 Å². The summed E-state index contributed by atoms with van der Waals surface area (Å²) in [5, 5.41) is 7.71. The molecule has 0 amide bonds. The Hall–Kier alpha value is -1.97. The molecule has 4 nitrogen and oxygen atoms in total. The molecule has 1 aromatic carbocycles. The number of aromatic nitrogens is 3. The number of Topliss-reactive ketones (excluding diaryl/α,β-unsaturated/α-hetero) is 1. The third-order valence-corrected chi connectivity index (χ3v) is 2.22. The first-order valence-corrected chi connectivity index (χ1v) is 4.68. The quantitative estimate of drug-likeness (QED) is 0.696. The van der Waals surface area contributed by atoms with Gasteiger partial charge in [0.15, 0.2) is 5.78 Å². The van der Waals surface area contributed by atoms with Crippen molar-refractivity contribution in [2.75, 3.05) is 0 Å². The molecule has 1 heterocycles. The summed E-state index contributed by atoms with van der Waals surface area (Å²) in [7, 11) is 0. The van der Waals surface area contributed by atoms with Crippen molar-refractivity contribution in [2.24, 2.45) is 0 Å². The van der Waals surface area contributed by atoms with E-state index in [1.165, 1.54) is 6.92 Å². The molecule has 1 aromatic heterocycles. The zero-order valence-corrected chi connectivity index (χ0v) is 8.64. The van der Waals surface area contributed by atoms with Crippen LogP contribution in [0.2, 0.25) is 0 Å². The lowest BCUT2D eigenvalue weighted by Crippen LogP contribution is -1.97. The Labute approximate surface area is 87.5 Å². The van der Waals surface area contributed by atoms with E-state index in [1.807, 2.05) is 31.2 Å². The van der Waals surface area contributed by atoms with Gasteiger partial charge < -0.3 is 0 Å². The van der Waals surface area contributed by atoms with Gasteiger partial charge in [0.1, 0.15) is 5.69 Å². The summed E-state index contributed by atoms with van der Waals surface area (Å²) in [4.78, 5) is 11.1. The van der Waals surface area contributed by atoms with Crippen molar-refractivity contribution in [1.29, 1.82) is 0 Å². The van der Waals surface area contributed by atoms with Gasteiger partial charge in [-0.25, -0.2) is 4.68 Å². The zero-order chi connectivity index (χ0) is 10.8. The molecule has 2 rings (SSSR count). The van der Waals surface area contributed by atoms with E-state index in [2.05, 4.69) is 10.3 Å². The molecule has 4 heteroatoms. The van der Waals surface area contributed by atoms with E-state index in [4.69, 9.17) is 0 Å². The van der Waals surface area contributed by atoms with E-state index >= 15 is 0 Å². The van der Waals surface area contributed by atoms with Gasteiger partial charge >= 0.3 is 0 Å². The van der Waals surface area contributed by atoms with E-state index in [9.17, 15) is 4.79 Å². The lowest BCUT2D eigenvalue weighted by molar-refractivity contribution is 0.101. The van der Waals surface area contributed by atoms with Gasteiger partial charge in [0.05, 0.1) is 11.9 Å². The van der Waals surface area contributed by atoms with Crippen molar-refractivity contribution in [2.45, 2.75) is 13.8 Å². The Balaban J connectivity index is 2.46. The molecule has 0 aliphatic carbocycles. The summed E-state index contributed by atoms with van der Waals surface area (Å²) in [6.07, 6.45) is 1.64. The number of hydrogen-bond acceptors (Lipinski definition) is 3. The van der Waals surface area contributed by atoms with Crippen molar-refractivity contribution in [3.05, 3.63) is 41.7 Å². The van der Waals surface area contributed by atoms with Crippen LogP contribution in [-0.2, 0) is 0 Å². The second-order valence-corrected chi connectivity index (χ2v) is 3.39. The molecule has 0 atom stereocenters. The van der Waals surface area contributed by atoms with Crippen LogP contribution >= 0.6 is 0 Å². The van der Waals surface area contributed by atoms with Crippen LogP contribution in [0.4, 0.5) is 0 Å². The molecule has 76 valence electrons. The smallest absolute Gasteiger partial charge is 0.181 e.